The van der Waals surface area contributed by atoms with E-state index < -0.39 is 5.97 Å². The number of hydrogen-bond donors (Lipinski definition) is 1. The minimum atomic E-state index is -0.411. The van der Waals surface area contributed by atoms with Crippen molar-refractivity contribution in [3.63, 3.8) is 0 Å². The predicted molar refractivity (Wildman–Crippen MR) is 107 cm³/mol. The van der Waals surface area contributed by atoms with Crippen molar-refractivity contribution in [1.82, 2.24) is 0 Å². The topological polar surface area (TPSA) is 64.6 Å². The molecule has 1 amide bonds. The van der Waals surface area contributed by atoms with Crippen molar-refractivity contribution in [3.05, 3.63) is 44.8 Å². The van der Waals surface area contributed by atoms with Crippen molar-refractivity contribution in [3.8, 4) is 5.75 Å². The molecule has 0 radical (unpaired) electrons. The minimum absolute atomic E-state index is 0.152. The SMILES string of the molecule is COC(=O)c1c(NC(=O)COc2ccc(Cl)c(C)c2)sc2c1CC[C@@H](C)C2. The summed E-state index contributed by atoms with van der Waals surface area (Å²) in [5.74, 6) is 0.409. The van der Waals surface area contributed by atoms with Crippen molar-refractivity contribution >= 4 is 39.8 Å². The summed E-state index contributed by atoms with van der Waals surface area (Å²) in [6.07, 6.45) is 2.77. The molecule has 0 saturated carbocycles. The highest BCUT2D eigenvalue weighted by Gasteiger charge is 2.28. The first-order chi connectivity index (χ1) is 12.9. The van der Waals surface area contributed by atoms with E-state index in [0.29, 0.717) is 27.3 Å². The van der Waals surface area contributed by atoms with Crippen LogP contribution in [0.4, 0.5) is 5.00 Å². The Morgan fingerprint density at radius 1 is 1.37 bits per heavy atom. The zero-order chi connectivity index (χ0) is 19.6. The quantitative estimate of drug-likeness (QED) is 0.733. The number of fused-ring (bicyclic) bond motifs is 1. The molecule has 27 heavy (non-hydrogen) atoms. The van der Waals surface area contributed by atoms with E-state index in [9.17, 15) is 9.59 Å². The Kier molecular flexibility index (Phi) is 6.07. The van der Waals surface area contributed by atoms with Gasteiger partial charge in [0.25, 0.3) is 5.91 Å². The summed E-state index contributed by atoms with van der Waals surface area (Å²) < 4.78 is 10.5. The Balaban J connectivity index is 1.73. The summed E-state index contributed by atoms with van der Waals surface area (Å²) in [6, 6.07) is 5.22. The van der Waals surface area contributed by atoms with Gasteiger partial charge in [0, 0.05) is 9.90 Å². The molecular formula is C20H22ClNO4S. The van der Waals surface area contributed by atoms with E-state index in [-0.39, 0.29) is 12.5 Å². The summed E-state index contributed by atoms with van der Waals surface area (Å²) in [5, 5.41) is 4.01. The van der Waals surface area contributed by atoms with Crippen LogP contribution < -0.4 is 10.1 Å². The van der Waals surface area contributed by atoms with Gasteiger partial charge in [-0.25, -0.2) is 4.79 Å². The van der Waals surface area contributed by atoms with Gasteiger partial charge in [-0.1, -0.05) is 18.5 Å². The lowest BCUT2D eigenvalue weighted by Crippen LogP contribution is -2.21. The summed E-state index contributed by atoms with van der Waals surface area (Å²) in [4.78, 5) is 25.8. The van der Waals surface area contributed by atoms with E-state index in [0.717, 1.165) is 35.3 Å². The molecule has 1 N–H and O–H groups in total. The standard InChI is InChI=1S/C20H22ClNO4S/c1-11-4-6-14-16(8-11)27-19(18(14)20(24)25-3)22-17(23)10-26-13-5-7-15(21)12(2)9-13/h5,7,9,11H,4,6,8,10H2,1-3H3,(H,22,23)/t11-/m1/s1. The van der Waals surface area contributed by atoms with Crippen LogP contribution in [0.3, 0.4) is 0 Å². The summed E-state index contributed by atoms with van der Waals surface area (Å²) in [6.45, 7) is 3.91. The van der Waals surface area contributed by atoms with Crippen molar-refractivity contribution in [2.24, 2.45) is 5.92 Å². The highest BCUT2D eigenvalue weighted by molar-refractivity contribution is 7.17. The summed E-state index contributed by atoms with van der Waals surface area (Å²) in [5.41, 5.74) is 2.37. The number of benzene rings is 1. The largest absolute Gasteiger partial charge is 0.484 e. The van der Waals surface area contributed by atoms with Crippen LogP contribution in [0.5, 0.6) is 5.75 Å². The van der Waals surface area contributed by atoms with Crippen LogP contribution in [0, 0.1) is 12.8 Å². The fraction of sp³-hybridized carbons (Fsp3) is 0.400. The maximum absolute atomic E-state index is 12.4. The lowest BCUT2D eigenvalue weighted by Gasteiger charge is -2.18. The second-order valence-electron chi connectivity index (χ2n) is 6.80. The fourth-order valence-electron chi connectivity index (χ4n) is 3.18. The Bertz CT molecular complexity index is 877. The van der Waals surface area contributed by atoms with Gasteiger partial charge in [0.05, 0.1) is 12.7 Å². The number of aryl methyl sites for hydroxylation is 1. The van der Waals surface area contributed by atoms with Gasteiger partial charge >= 0.3 is 5.97 Å². The van der Waals surface area contributed by atoms with Crippen LogP contribution >= 0.6 is 22.9 Å². The molecule has 144 valence electrons. The predicted octanol–water partition coefficient (Wildman–Crippen LogP) is 4.64. The third kappa shape index (κ3) is 4.45. The average Bonchev–Trinajstić information content (AvgIpc) is 2.98. The molecule has 2 aromatic rings. The average molecular weight is 408 g/mol. The van der Waals surface area contributed by atoms with E-state index >= 15 is 0 Å². The highest BCUT2D eigenvalue weighted by Crippen LogP contribution is 2.40. The molecule has 0 spiro atoms. The normalized spacial score (nSPS) is 15.8. The zero-order valence-electron chi connectivity index (χ0n) is 15.6. The number of esters is 1. The van der Waals surface area contributed by atoms with Gasteiger partial charge < -0.3 is 14.8 Å². The molecule has 1 heterocycles. The van der Waals surface area contributed by atoms with Gasteiger partial charge in [-0.2, -0.15) is 0 Å². The van der Waals surface area contributed by atoms with Crippen LogP contribution in [0.15, 0.2) is 18.2 Å². The van der Waals surface area contributed by atoms with Gasteiger partial charge in [-0.05, 0) is 61.4 Å². The van der Waals surface area contributed by atoms with Gasteiger partial charge in [0.1, 0.15) is 10.8 Å². The Hall–Kier alpha value is -2.05. The zero-order valence-corrected chi connectivity index (χ0v) is 17.1. The molecule has 0 aliphatic heterocycles. The molecule has 0 saturated heterocycles. The first-order valence-corrected chi connectivity index (χ1v) is 10.00. The number of halogens is 1. The lowest BCUT2D eigenvalue weighted by atomic mass is 9.88. The Morgan fingerprint density at radius 2 is 2.15 bits per heavy atom. The molecule has 0 fully saturated rings. The van der Waals surface area contributed by atoms with Gasteiger partial charge in [-0.15, -0.1) is 11.3 Å². The number of carbonyl (C=O) groups is 2. The second-order valence-corrected chi connectivity index (χ2v) is 8.31. The molecule has 1 aliphatic carbocycles. The molecule has 0 unspecified atom stereocenters. The van der Waals surface area contributed by atoms with E-state index in [1.165, 1.54) is 18.4 Å². The summed E-state index contributed by atoms with van der Waals surface area (Å²) in [7, 11) is 1.36. The fourth-order valence-corrected chi connectivity index (χ4v) is 4.71. The van der Waals surface area contributed by atoms with E-state index in [4.69, 9.17) is 21.1 Å². The lowest BCUT2D eigenvalue weighted by molar-refractivity contribution is -0.118. The van der Waals surface area contributed by atoms with E-state index in [2.05, 4.69) is 12.2 Å². The number of amides is 1. The van der Waals surface area contributed by atoms with Crippen molar-refractivity contribution in [1.29, 1.82) is 0 Å². The van der Waals surface area contributed by atoms with Crippen molar-refractivity contribution < 1.29 is 19.1 Å². The van der Waals surface area contributed by atoms with E-state index in [1.807, 2.05) is 6.92 Å². The van der Waals surface area contributed by atoms with Crippen molar-refractivity contribution in [2.45, 2.75) is 33.1 Å². The second kappa shape index (κ2) is 8.31. The molecule has 1 atom stereocenters. The smallest absolute Gasteiger partial charge is 0.341 e. The number of rotatable bonds is 5. The van der Waals surface area contributed by atoms with Gasteiger partial charge in [0.2, 0.25) is 0 Å². The number of ether oxygens (including phenoxy) is 2. The maximum atomic E-state index is 12.4. The van der Waals surface area contributed by atoms with Gasteiger partial charge in [0.15, 0.2) is 6.61 Å². The maximum Gasteiger partial charge on any atom is 0.341 e. The highest BCUT2D eigenvalue weighted by atomic mass is 35.5. The van der Waals surface area contributed by atoms with Crippen LogP contribution in [-0.4, -0.2) is 25.6 Å². The number of carbonyl (C=O) groups excluding carboxylic acids is 2. The van der Waals surface area contributed by atoms with Crippen LogP contribution in [0.1, 0.15) is 39.7 Å². The molecule has 3 rings (SSSR count). The molecule has 1 aliphatic rings. The molecule has 1 aromatic carbocycles. The third-order valence-electron chi connectivity index (χ3n) is 4.65. The molecule has 1 aromatic heterocycles. The summed E-state index contributed by atoms with van der Waals surface area (Å²) >= 11 is 7.45. The molecule has 7 heteroatoms. The number of thiophene rings is 1. The molecular weight excluding hydrogens is 386 g/mol. The monoisotopic (exact) mass is 407 g/mol. The molecule has 5 nitrogen and oxygen atoms in total. The number of anilines is 1. The third-order valence-corrected chi connectivity index (χ3v) is 6.25. The molecule has 0 bridgehead atoms. The number of nitrogens with one attached hydrogen (secondary N) is 1. The van der Waals surface area contributed by atoms with Crippen LogP contribution in [0.25, 0.3) is 0 Å². The van der Waals surface area contributed by atoms with Gasteiger partial charge in [-0.3, -0.25) is 4.79 Å². The Morgan fingerprint density at radius 3 is 2.85 bits per heavy atom. The van der Waals surface area contributed by atoms with Crippen molar-refractivity contribution in [2.75, 3.05) is 19.0 Å². The number of methoxy groups -OCH3 is 1. The van der Waals surface area contributed by atoms with Crippen LogP contribution in [0.2, 0.25) is 5.02 Å². The Labute approximate surface area is 167 Å². The first-order valence-electron chi connectivity index (χ1n) is 8.80. The van der Waals surface area contributed by atoms with E-state index in [1.54, 1.807) is 18.2 Å². The first kappa shape index (κ1) is 19.7. The van der Waals surface area contributed by atoms with Crippen LogP contribution in [-0.2, 0) is 22.4 Å². The minimum Gasteiger partial charge on any atom is -0.484 e. The number of hydrogen-bond acceptors (Lipinski definition) is 5.